The number of hydrogen-bond acceptors (Lipinski definition) is 4. The van der Waals surface area contributed by atoms with E-state index in [2.05, 4.69) is 5.32 Å². The third kappa shape index (κ3) is 2.20. The van der Waals surface area contributed by atoms with Crippen molar-refractivity contribution in [3.05, 3.63) is 23.8 Å². The van der Waals surface area contributed by atoms with Crippen LogP contribution in [-0.4, -0.2) is 25.0 Å². The number of hydrogen-bond donors (Lipinski definition) is 2. The summed E-state index contributed by atoms with van der Waals surface area (Å²) in [6.45, 7) is 1.98. The lowest BCUT2D eigenvalue weighted by Gasteiger charge is -2.33. The minimum Gasteiger partial charge on any atom is -0.454 e. The molecule has 0 aliphatic carbocycles. The van der Waals surface area contributed by atoms with Gasteiger partial charge in [-0.05, 0) is 43.6 Å². The summed E-state index contributed by atoms with van der Waals surface area (Å²) in [5, 5.41) is 13.8. The molecule has 2 aliphatic rings. The highest BCUT2D eigenvalue weighted by Crippen LogP contribution is 2.38. The Bertz CT molecular complexity index is 405. The fraction of sp³-hybridized carbons (Fsp3) is 0.500. The maximum atomic E-state index is 10.5. The molecule has 0 amide bonds. The SMILES string of the molecule is Cl.OC1(c2ccc3c(c2)OCO3)CCNCC1. The zero-order valence-corrected chi connectivity index (χ0v) is 10.3. The number of halogens is 1. The maximum Gasteiger partial charge on any atom is 0.231 e. The Hall–Kier alpha value is -0.970. The Kier molecular flexibility index (Phi) is 3.47. The van der Waals surface area contributed by atoms with Crippen molar-refractivity contribution in [1.82, 2.24) is 5.32 Å². The molecule has 17 heavy (non-hydrogen) atoms. The molecule has 0 spiro atoms. The third-order valence-corrected chi connectivity index (χ3v) is 3.34. The van der Waals surface area contributed by atoms with Crippen LogP contribution in [0.15, 0.2) is 18.2 Å². The second-order valence-corrected chi connectivity index (χ2v) is 4.35. The van der Waals surface area contributed by atoms with Crippen LogP contribution in [0.5, 0.6) is 11.5 Å². The molecule has 2 heterocycles. The van der Waals surface area contributed by atoms with E-state index in [9.17, 15) is 5.11 Å². The molecule has 0 bridgehead atoms. The summed E-state index contributed by atoms with van der Waals surface area (Å²) in [5.74, 6) is 1.51. The Morgan fingerprint density at radius 1 is 1.12 bits per heavy atom. The van der Waals surface area contributed by atoms with Crippen LogP contribution >= 0.6 is 12.4 Å². The minimum absolute atomic E-state index is 0. The molecule has 2 N–H and O–H groups in total. The van der Waals surface area contributed by atoms with Gasteiger partial charge < -0.3 is 19.9 Å². The molecule has 0 atom stereocenters. The summed E-state index contributed by atoms with van der Waals surface area (Å²) in [5.41, 5.74) is 0.213. The number of nitrogens with one attached hydrogen (secondary N) is 1. The molecule has 0 aromatic heterocycles. The molecule has 3 rings (SSSR count). The molecule has 1 saturated heterocycles. The largest absolute Gasteiger partial charge is 0.454 e. The van der Waals surface area contributed by atoms with E-state index in [4.69, 9.17) is 9.47 Å². The monoisotopic (exact) mass is 257 g/mol. The zero-order valence-electron chi connectivity index (χ0n) is 9.44. The van der Waals surface area contributed by atoms with Crippen molar-refractivity contribution >= 4 is 12.4 Å². The van der Waals surface area contributed by atoms with Gasteiger partial charge in [-0.15, -0.1) is 12.4 Å². The van der Waals surface area contributed by atoms with Crippen LogP contribution in [0.2, 0.25) is 0 Å². The Balaban J connectivity index is 0.00000108. The Morgan fingerprint density at radius 3 is 2.59 bits per heavy atom. The lowest BCUT2D eigenvalue weighted by atomic mass is 9.85. The first kappa shape index (κ1) is 12.5. The highest BCUT2D eigenvalue weighted by Gasteiger charge is 2.32. The normalized spacial score (nSPS) is 20.8. The molecule has 4 nitrogen and oxygen atoms in total. The standard InChI is InChI=1S/C12H15NO3.ClH/c14-12(3-5-13-6-4-12)9-1-2-10-11(7-9)16-8-15-10;/h1-2,7,13-14H,3-6,8H2;1H. The van der Waals surface area contributed by atoms with Gasteiger partial charge in [0.25, 0.3) is 0 Å². The van der Waals surface area contributed by atoms with Crippen LogP contribution in [0, 0.1) is 0 Å². The maximum absolute atomic E-state index is 10.5. The van der Waals surface area contributed by atoms with Crippen LogP contribution < -0.4 is 14.8 Å². The third-order valence-electron chi connectivity index (χ3n) is 3.34. The lowest BCUT2D eigenvalue weighted by Crippen LogP contribution is -2.39. The number of aliphatic hydroxyl groups is 1. The number of rotatable bonds is 1. The van der Waals surface area contributed by atoms with Gasteiger partial charge in [0, 0.05) is 0 Å². The van der Waals surface area contributed by atoms with E-state index in [0.717, 1.165) is 43.0 Å². The molecular formula is C12H16ClNO3. The summed E-state index contributed by atoms with van der Waals surface area (Å²) >= 11 is 0. The van der Waals surface area contributed by atoms with Crippen molar-refractivity contribution in [2.45, 2.75) is 18.4 Å². The van der Waals surface area contributed by atoms with Gasteiger partial charge in [-0.2, -0.15) is 0 Å². The van der Waals surface area contributed by atoms with E-state index in [1.165, 1.54) is 0 Å². The Labute approximate surface area is 106 Å². The highest BCUT2D eigenvalue weighted by atomic mass is 35.5. The molecule has 1 aromatic rings. The van der Waals surface area contributed by atoms with Crippen molar-refractivity contribution < 1.29 is 14.6 Å². The molecule has 0 unspecified atom stereocenters. The summed E-state index contributed by atoms with van der Waals surface area (Å²) in [6, 6.07) is 5.70. The minimum atomic E-state index is -0.716. The van der Waals surface area contributed by atoms with Gasteiger partial charge in [0.1, 0.15) is 0 Å². The van der Waals surface area contributed by atoms with Crippen LogP contribution in [0.4, 0.5) is 0 Å². The first-order valence-electron chi connectivity index (χ1n) is 5.61. The fourth-order valence-electron chi connectivity index (χ4n) is 2.32. The van der Waals surface area contributed by atoms with E-state index in [1.54, 1.807) is 0 Å². The number of piperidine rings is 1. The first-order valence-corrected chi connectivity index (χ1v) is 5.61. The van der Waals surface area contributed by atoms with Crippen molar-refractivity contribution in [1.29, 1.82) is 0 Å². The van der Waals surface area contributed by atoms with Gasteiger partial charge in [0.15, 0.2) is 11.5 Å². The predicted octanol–water partition coefficient (Wildman–Crippen LogP) is 1.41. The number of benzene rings is 1. The quantitative estimate of drug-likeness (QED) is 0.799. The van der Waals surface area contributed by atoms with Crippen molar-refractivity contribution in [3.8, 4) is 11.5 Å². The molecule has 0 radical (unpaired) electrons. The summed E-state index contributed by atoms with van der Waals surface area (Å²) in [4.78, 5) is 0. The topological polar surface area (TPSA) is 50.7 Å². The van der Waals surface area contributed by atoms with Crippen molar-refractivity contribution in [2.75, 3.05) is 19.9 Å². The predicted molar refractivity (Wildman–Crippen MR) is 65.8 cm³/mol. The van der Waals surface area contributed by atoms with E-state index in [1.807, 2.05) is 18.2 Å². The summed E-state index contributed by atoms with van der Waals surface area (Å²) < 4.78 is 10.6. The summed E-state index contributed by atoms with van der Waals surface area (Å²) in [6.07, 6.45) is 1.49. The molecule has 94 valence electrons. The van der Waals surface area contributed by atoms with E-state index >= 15 is 0 Å². The average molecular weight is 258 g/mol. The van der Waals surface area contributed by atoms with Crippen LogP contribution in [0.3, 0.4) is 0 Å². The molecule has 2 aliphatic heterocycles. The second kappa shape index (κ2) is 4.72. The fourth-order valence-corrected chi connectivity index (χ4v) is 2.32. The second-order valence-electron chi connectivity index (χ2n) is 4.35. The first-order chi connectivity index (χ1) is 7.78. The van der Waals surface area contributed by atoms with E-state index in [0.29, 0.717) is 0 Å². The molecule has 0 saturated carbocycles. The average Bonchev–Trinajstić information content (AvgIpc) is 2.77. The van der Waals surface area contributed by atoms with Crippen LogP contribution in [0.25, 0.3) is 0 Å². The van der Waals surface area contributed by atoms with Crippen LogP contribution in [-0.2, 0) is 5.60 Å². The van der Waals surface area contributed by atoms with Gasteiger partial charge >= 0.3 is 0 Å². The van der Waals surface area contributed by atoms with Crippen molar-refractivity contribution in [2.24, 2.45) is 0 Å². The molecular weight excluding hydrogens is 242 g/mol. The van der Waals surface area contributed by atoms with E-state index in [-0.39, 0.29) is 19.2 Å². The molecule has 1 fully saturated rings. The molecule has 1 aromatic carbocycles. The van der Waals surface area contributed by atoms with Gasteiger partial charge in [-0.3, -0.25) is 0 Å². The van der Waals surface area contributed by atoms with Gasteiger partial charge in [-0.25, -0.2) is 0 Å². The number of fused-ring (bicyclic) bond motifs is 1. The zero-order chi connectivity index (χ0) is 11.0. The van der Waals surface area contributed by atoms with Crippen LogP contribution in [0.1, 0.15) is 18.4 Å². The lowest BCUT2D eigenvalue weighted by molar-refractivity contribution is 0.00579. The number of ether oxygens (including phenoxy) is 2. The van der Waals surface area contributed by atoms with Gasteiger partial charge in [-0.1, -0.05) is 6.07 Å². The summed E-state index contributed by atoms with van der Waals surface area (Å²) in [7, 11) is 0. The highest BCUT2D eigenvalue weighted by molar-refractivity contribution is 5.85. The van der Waals surface area contributed by atoms with E-state index < -0.39 is 5.60 Å². The smallest absolute Gasteiger partial charge is 0.231 e. The van der Waals surface area contributed by atoms with Gasteiger partial charge in [0.2, 0.25) is 6.79 Å². The van der Waals surface area contributed by atoms with Crippen molar-refractivity contribution in [3.63, 3.8) is 0 Å². The molecule has 5 heteroatoms. The van der Waals surface area contributed by atoms with Gasteiger partial charge in [0.05, 0.1) is 5.60 Å². The Morgan fingerprint density at radius 2 is 1.82 bits per heavy atom.